The predicted octanol–water partition coefficient (Wildman–Crippen LogP) is 1.13. The Bertz CT molecular complexity index is 97.7. The van der Waals surface area contributed by atoms with Crippen molar-refractivity contribution in [2.75, 3.05) is 13.6 Å². The summed E-state index contributed by atoms with van der Waals surface area (Å²) in [6.45, 7) is 3.48. The molecule has 1 aliphatic heterocycles. The normalized spacial score (nSPS) is 27.3. The van der Waals surface area contributed by atoms with E-state index in [-0.39, 0.29) is 0 Å². The van der Waals surface area contributed by atoms with Crippen LogP contribution in [0.25, 0.3) is 0 Å². The fourth-order valence-corrected chi connectivity index (χ4v) is 1.60. The van der Waals surface area contributed by atoms with Gasteiger partial charge in [0.1, 0.15) is 0 Å². The predicted molar refractivity (Wildman–Crippen MR) is 48.8 cm³/mol. The van der Waals surface area contributed by atoms with Gasteiger partial charge in [0.2, 0.25) is 0 Å². The third-order valence-corrected chi connectivity index (χ3v) is 2.60. The summed E-state index contributed by atoms with van der Waals surface area (Å²) in [7, 11) is 2.03. The molecule has 2 N–H and O–H groups in total. The Morgan fingerprint density at radius 1 is 1.64 bits per heavy atom. The molecular weight excluding hydrogens is 136 g/mol. The molecule has 0 amide bonds. The highest BCUT2D eigenvalue weighted by atomic mass is 14.9. The van der Waals surface area contributed by atoms with Gasteiger partial charge >= 0.3 is 0 Å². The summed E-state index contributed by atoms with van der Waals surface area (Å²) in [5.74, 6) is 0. The molecule has 2 nitrogen and oxygen atoms in total. The first-order valence-corrected chi connectivity index (χ1v) is 4.73. The summed E-state index contributed by atoms with van der Waals surface area (Å²) in [6, 6.07) is 1.49. The number of hydrogen-bond donors (Lipinski definition) is 2. The van der Waals surface area contributed by atoms with E-state index < -0.39 is 0 Å². The van der Waals surface area contributed by atoms with E-state index in [1.807, 2.05) is 7.05 Å². The molecule has 0 aromatic heterocycles. The first kappa shape index (κ1) is 9.01. The minimum Gasteiger partial charge on any atom is -0.317 e. The zero-order valence-corrected chi connectivity index (χ0v) is 7.69. The van der Waals surface area contributed by atoms with Crippen LogP contribution < -0.4 is 10.6 Å². The number of rotatable bonds is 4. The second kappa shape index (κ2) is 4.73. The van der Waals surface area contributed by atoms with Gasteiger partial charge in [0.25, 0.3) is 0 Å². The molecule has 1 rings (SSSR count). The fraction of sp³-hybridized carbons (Fsp3) is 1.00. The topological polar surface area (TPSA) is 24.1 Å². The first-order chi connectivity index (χ1) is 5.33. The van der Waals surface area contributed by atoms with E-state index in [9.17, 15) is 0 Å². The molecule has 2 heteroatoms. The average Bonchev–Trinajstić information content (AvgIpc) is 2.52. The lowest BCUT2D eigenvalue weighted by Crippen LogP contribution is -2.26. The van der Waals surface area contributed by atoms with Crippen molar-refractivity contribution in [3.8, 4) is 0 Å². The summed E-state index contributed by atoms with van der Waals surface area (Å²) in [6.07, 6.45) is 5.39. The standard InChI is InChI=1S/C9H20N2/c1-8(10-2)5-6-9-4-3-7-11-9/h8-11H,3-7H2,1-2H3. The monoisotopic (exact) mass is 156 g/mol. The van der Waals surface area contributed by atoms with Crippen LogP contribution in [-0.4, -0.2) is 25.7 Å². The fourth-order valence-electron chi connectivity index (χ4n) is 1.60. The van der Waals surface area contributed by atoms with Gasteiger partial charge in [-0.3, -0.25) is 0 Å². The second-order valence-corrected chi connectivity index (χ2v) is 3.56. The molecule has 0 aromatic carbocycles. The van der Waals surface area contributed by atoms with Crippen LogP contribution >= 0.6 is 0 Å². The van der Waals surface area contributed by atoms with Crippen molar-refractivity contribution >= 4 is 0 Å². The van der Waals surface area contributed by atoms with Gasteiger partial charge in [-0.05, 0) is 46.2 Å². The Kier molecular flexibility index (Phi) is 3.87. The lowest BCUT2D eigenvalue weighted by Gasteiger charge is -2.13. The third kappa shape index (κ3) is 3.21. The Morgan fingerprint density at radius 3 is 3.00 bits per heavy atom. The molecule has 0 bridgehead atoms. The van der Waals surface area contributed by atoms with E-state index in [2.05, 4.69) is 17.6 Å². The van der Waals surface area contributed by atoms with Crippen molar-refractivity contribution in [1.82, 2.24) is 10.6 Å². The summed E-state index contributed by atoms with van der Waals surface area (Å²) in [5.41, 5.74) is 0. The van der Waals surface area contributed by atoms with Gasteiger partial charge in [-0.25, -0.2) is 0 Å². The lowest BCUT2D eigenvalue weighted by molar-refractivity contribution is 0.471. The van der Waals surface area contributed by atoms with Gasteiger partial charge in [0, 0.05) is 12.1 Å². The van der Waals surface area contributed by atoms with Crippen LogP contribution in [0, 0.1) is 0 Å². The molecule has 0 saturated carbocycles. The van der Waals surface area contributed by atoms with E-state index >= 15 is 0 Å². The highest BCUT2D eigenvalue weighted by molar-refractivity contribution is 4.75. The van der Waals surface area contributed by atoms with Gasteiger partial charge in [-0.1, -0.05) is 0 Å². The second-order valence-electron chi connectivity index (χ2n) is 3.56. The van der Waals surface area contributed by atoms with E-state index in [1.54, 1.807) is 0 Å². The third-order valence-electron chi connectivity index (χ3n) is 2.60. The maximum Gasteiger partial charge on any atom is 0.00681 e. The zero-order chi connectivity index (χ0) is 8.10. The molecule has 0 aromatic rings. The van der Waals surface area contributed by atoms with Gasteiger partial charge in [0.05, 0.1) is 0 Å². The van der Waals surface area contributed by atoms with Crippen LogP contribution in [-0.2, 0) is 0 Å². The summed E-state index contributed by atoms with van der Waals surface area (Å²) >= 11 is 0. The molecule has 1 aliphatic rings. The van der Waals surface area contributed by atoms with Gasteiger partial charge in [0.15, 0.2) is 0 Å². The molecule has 1 heterocycles. The molecular formula is C9H20N2. The highest BCUT2D eigenvalue weighted by Crippen LogP contribution is 2.11. The quantitative estimate of drug-likeness (QED) is 0.637. The first-order valence-electron chi connectivity index (χ1n) is 4.73. The van der Waals surface area contributed by atoms with Crippen molar-refractivity contribution in [1.29, 1.82) is 0 Å². The SMILES string of the molecule is CNC(C)CCC1CCCN1. The van der Waals surface area contributed by atoms with Crippen molar-refractivity contribution in [2.45, 2.75) is 44.7 Å². The maximum absolute atomic E-state index is 3.51. The molecule has 0 aliphatic carbocycles. The Balaban J connectivity index is 2.01. The Labute approximate surface area is 69.8 Å². The Morgan fingerprint density at radius 2 is 2.45 bits per heavy atom. The van der Waals surface area contributed by atoms with Crippen LogP contribution in [0.5, 0.6) is 0 Å². The molecule has 1 fully saturated rings. The molecule has 11 heavy (non-hydrogen) atoms. The zero-order valence-electron chi connectivity index (χ0n) is 7.69. The van der Waals surface area contributed by atoms with Crippen LogP contribution in [0.2, 0.25) is 0 Å². The maximum atomic E-state index is 3.51. The van der Waals surface area contributed by atoms with Crippen molar-refractivity contribution in [3.05, 3.63) is 0 Å². The molecule has 2 atom stereocenters. The number of nitrogens with one attached hydrogen (secondary N) is 2. The van der Waals surface area contributed by atoms with Crippen LogP contribution in [0.4, 0.5) is 0 Å². The van der Waals surface area contributed by atoms with Crippen LogP contribution in [0.15, 0.2) is 0 Å². The molecule has 0 radical (unpaired) electrons. The van der Waals surface area contributed by atoms with E-state index in [0.29, 0.717) is 6.04 Å². The molecule has 66 valence electrons. The smallest absolute Gasteiger partial charge is 0.00681 e. The minimum absolute atomic E-state index is 0.678. The van der Waals surface area contributed by atoms with Gasteiger partial charge in [-0.15, -0.1) is 0 Å². The Hall–Kier alpha value is -0.0800. The van der Waals surface area contributed by atoms with E-state index in [0.717, 1.165) is 6.04 Å². The molecule has 0 spiro atoms. The van der Waals surface area contributed by atoms with E-state index in [4.69, 9.17) is 0 Å². The number of hydrogen-bond acceptors (Lipinski definition) is 2. The summed E-state index contributed by atoms with van der Waals surface area (Å²) in [4.78, 5) is 0. The van der Waals surface area contributed by atoms with E-state index in [1.165, 1.54) is 32.2 Å². The van der Waals surface area contributed by atoms with Gasteiger partial charge < -0.3 is 10.6 Å². The summed E-state index contributed by atoms with van der Waals surface area (Å²) in [5, 5.41) is 6.77. The highest BCUT2D eigenvalue weighted by Gasteiger charge is 2.13. The minimum atomic E-state index is 0.678. The van der Waals surface area contributed by atoms with Crippen molar-refractivity contribution < 1.29 is 0 Å². The van der Waals surface area contributed by atoms with Gasteiger partial charge in [-0.2, -0.15) is 0 Å². The van der Waals surface area contributed by atoms with Crippen LogP contribution in [0.1, 0.15) is 32.6 Å². The largest absolute Gasteiger partial charge is 0.317 e. The average molecular weight is 156 g/mol. The van der Waals surface area contributed by atoms with Crippen molar-refractivity contribution in [3.63, 3.8) is 0 Å². The van der Waals surface area contributed by atoms with Crippen LogP contribution in [0.3, 0.4) is 0 Å². The van der Waals surface area contributed by atoms with Crippen molar-refractivity contribution in [2.24, 2.45) is 0 Å². The summed E-state index contributed by atoms with van der Waals surface area (Å²) < 4.78 is 0. The lowest BCUT2D eigenvalue weighted by atomic mass is 10.1. The molecule has 1 saturated heterocycles. The molecule has 2 unspecified atom stereocenters.